The molecule has 0 saturated carbocycles. The van der Waals surface area contributed by atoms with E-state index in [1.165, 1.54) is 4.40 Å². The monoisotopic (exact) mass is 345 g/mol. The fourth-order valence-corrected chi connectivity index (χ4v) is 2.34. The molecule has 2 aromatic rings. The van der Waals surface area contributed by atoms with Crippen molar-refractivity contribution in [1.82, 2.24) is 9.38 Å². The van der Waals surface area contributed by atoms with E-state index in [1.54, 1.807) is 6.08 Å². The third kappa shape index (κ3) is 3.99. The minimum absolute atomic E-state index is 0.0316. The molecule has 0 unspecified atom stereocenters. The molecule has 23 heavy (non-hydrogen) atoms. The van der Waals surface area contributed by atoms with Crippen molar-refractivity contribution < 1.29 is 13.2 Å². The van der Waals surface area contributed by atoms with Crippen molar-refractivity contribution in [3.8, 4) is 0 Å². The van der Waals surface area contributed by atoms with Crippen LogP contribution in [0, 0.1) is 5.92 Å². The third-order valence-electron chi connectivity index (χ3n) is 3.09. The number of nitrogens with zero attached hydrogens (tertiary/aromatic N) is 2. The molecular formula is C16H19ClF3N3. The van der Waals surface area contributed by atoms with Crippen molar-refractivity contribution >= 4 is 29.1 Å². The van der Waals surface area contributed by atoms with Gasteiger partial charge in [-0.05, 0) is 31.9 Å². The first-order chi connectivity index (χ1) is 10.6. The van der Waals surface area contributed by atoms with Gasteiger partial charge < -0.3 is 5.32 Å². The van der Waals surface area contributed by atoms with Gasteiger partial charge >= 0.3 is 6.18 Å². The lowest BCUT2D eigenvalue weighted by molar-refractivity contribution is -0.137. The van der Waals surface area contributed by atoms with E-state index in [0.29, 0.717) is 23.1 Å². The number of fused-ring (bicyclic) bond motifs is 1. The van der Waals surface area contributed by atoms with Gasteiger partial charge in [0, 0.05) is 12.2 Å². The van der Waals surface area contributed by atoms with Gasteiger partial charge in [-0.2, -0.15) is 13.2 Å². The number of allylic oxidation sites excluding steroid dienone is 1. The number of nitrogens with one attached hydrogen (secondary N) is 1. The van der Waals surface area contributed by atoms with E-state index in [2.05, 4.69) is 10.3 Å². The SMILES string of the molecule is CC(C)/C=C/c1nc2c(Cl)cc(C(F)(F)F)cn2c1NC(C)C. The molecule has 0 atom stereocenters. The Morgan fingerprint density at radius 2 is 1.91 bits per heavy atom. The average Bonchev–Trinajstić information content (AvgIpc) is 2.74. The molecule has 7 heteroatoms. The average molecular weight is 346 g/mol. The first-order valence-electron chi connectivity index (χ1n) is 7.33. The van der Waals surface area contributed by atoms with E-state index in [4.69, 9.17) is 11.6 Å². The highest BCUT2D eigenvalue weighted by Crippen LogP contribution is 2.34. The van der Waals surface area contributed by atoms with E-state index < -0.39 is 11.7 Å². The Morgan fingerprint density at radius 3 is 2.43 bits per heavy atom. The number of imidazole rings is 1. The molecule has 1 N–H and O–H groups in total. The summed E-state index contributed by atoms with van der Waals surface area (Å²) in [6.07, 6.45) is 0.286. The number of hydrogen-bond donors (Lipinski definition) is 1. The number of pyridine rings is 1. The van der Waals surface area contributed by atoms with Crippen LogP contribution in [0.5, 0.6) is 0 Å². The number of alkyl halides is 3. The Labute approximate surface area is 138 Å². The minimum Gasteiger partial charge on any atom is -0.367 e. The fourth-order valence-electron chi connectivity index (χ4n) is 2.09. The summed E-state index contributed by atoms with van der Waals surface area (Å²) in [5.41, 5.74) is 0.0541. The summed E-state index contributed by atoms with van der Waals surface area (Å²) in [5.74, 6) is 0.799. The maximum Gasteiger partial charge on any atom is 0.417 e. The second-order valence-electron chi connectivity index (χ2n) is 6.02. The molecule has 0 bridgehead atoms. The van der Waals surface area contributed by atoms with Crippen LogP contribution in [0.2, 0.25) is 5.02 Å². The Hall–Kier alpha value is -1.69. The molecule has 0 aromatic carbocycles. The van der Waals surface area contributed by atoms with Crippen LogP contribution in [0.1, 0.15) is 39.0 Å². The molecule has 2 aromatic heterocycles. The van der Waals surface area contributed by atoms with Crippen LogP contribution in [0.4, 0.5) is 19.0 Å². The van der Waals surface area contributed by atoms with Crippen molar-refractivity contribution in [1.29, 1.82) is 0 Å². The van der Waals surface area contributed by atoms with Crippen LogP contribution < -0.4 is 5.32 Å². The van der Waals surface area contributed by atoms with Gasteiger partial charge in [0.2, 0.25) is 0 Å². The second kappa shape index (κ2) is 6.43. The van der Waals surface area contributed by atoms with Gasteiger partial charge in [0.25, 0.3) is 0 Å². The quantitative estimate of drug-likeness (QED) is 0.793. The van der Waals surface area contributed by atoms with Crippen LogP contribution in [0.25, 0.3) is 11.7 Å². The summed E-state index contributed by atoms with van der Waals surface area (Å²) < 4.78 is 40.4. The molecule has 2 heterocycles. The number of hydrogen-bond acceptors (Lipinski definition) is 2. The van der Waals surface area contributed by atoms with Gasteiger partial charge in [-0.3, -0.25) is 4.40 Å². The van der Waals surface area contributed by atoms with Gasteiger partial charge in [-0.1, -0.05) is 31.5 Å². The highest BCUT2D eigenvalue weighted by atomic mass is 35.5. The van der Waals surface area contributed by atoms with Crippen molar-refractivity contribution in [3.63, 3.8) is 0 Å². The summed E-state index contributed by atoms with van der Waals surface area (Å²) in [6, 6.07) is 0.938. The Kier molecular flexibility index (Phi) is 4.94. The molecule has 0 aliphatic carbocycles. The number of anilines is 1. The molecular weight excluding hydrogens is 327 g/mol. The highest BCUT2D eigenvalue weighted by Gasteiger charge is 2.32. The summed E-state index contributed by atoms with van der Waals surface area (Å²) in [4.78, 5) is 4.37. The normalized spacial score (nSPS) is 13.0. The molecule has 0 aliphatic rings. The van der Waals surface area contributed by atoms with Crippen LogP contribution in [0.3, 0.4) is 0 Å². The zero-order chi connectivity index (χ0) is 17.4. The summed E-state index contributed by atoms with van der Waals surface area (Å²) in [6.45, 7) is 7.84. The Balaban J connectivity index is 2.70. The third-order valence-corrected chi connectivity index (χ3v) is 3.37. The first-order valence-corrected chi connectivity index (χ1v) is 7.71. The van der Waals surface area contributed by atoms with E-state index in [-0.39, 0.29) is 11.1 Å². The summed E-state index contributed by atoms with van der Waals surface area (Å²) >= 11 is 6.02. The predicted molar refractivity (Wildman–Crippen MR) is 87.8 cm³/mol. The largest absolute Gasteiger partial charge is 0.417 e. The van der Waals surface area contributed by atoms with E-state index in [0.717, 1.165) is 12.3 Å². The standard InChI is InChI=1S/C16H19ClF3N3/c1-9(2)5-6-13-15(21-10(3)4)23-8-11(16(18,19)20)7-12(17)14(23)22-13/h5-10,21H,1-4H3/b6-5+. The lowest BCUT2D eigenvalue weighted by atomic mass is 10.2. The van der Waals surface area contributed by atoms with E-state index in [1.807, 2.05) is 33.8 Å². The van der Waals surface area contributed by atoms with Crippen molar-refractivity contribution in [3.05, 3.63) is 34.6 Å². The molecule has 126 valence electrons. The summed E-state index contributed by atoms with van der Waals surface area (Å²) in [5, 5.41) is 3.12. The van der Waals surface area contributed by atoms with Crippen molar-refractivity contribution in [2.24, 2.45) is 5.92 Å². The van der Waals surface area contributed by atoms with Crippen LogP contribution in [-0.4, -0.2) is 15.4 Å². The smallest absolute Gasteiger partial charge is 0.367 e. The van der Waals surface area contributed by atoms with Gasteiger partial charge in [-0.25, -0.2) is 4.98 Å². The van der Waals surface area contributed by atoms with E-state index >= 15 is 0 Å². The molecule has 0 fully saturated rings. The maximum atomic E-state index is 13.0. The van der Waals surface area contributed by atoms with Gasteiger partial charge in [-0.15, -0.1) is 0 Å². The zero-order valence-electron chi connectivity index (χ0n) is 13.4. The van der Waals surface area contributed by atoms with Gasteiger partial charge in [0.05, 0.1) is 10.6 Å². The number of aromatic nitrogens is 2. The minimum atomic E-state index is -4.47. The second-order valence-corrected chi connectivity index (χ2v) is 6.42. The van der Waals surface area contributed by atoms with Crippen LogP contribution in [-0.2, 0) is 6.18 Å². The first kappa shape index (κ1) is 17.7. The van der Waals surface area contributed by atoms with Crippen LogP contribution in [0.15, 0.2) is 18.3 Å². The highest BCUT2D eigenvalue weighted by molar-refractivity contribution is 6.33. The fraction of sp³-hybridized carbons (Fsp3) is 0.438. The zero-order valence-corrected chi connectivity index (χ0v) is 14.1. The lowest BCUT2D eigenvalue weighted by Gasteiger charge is -2.13. The van der Waals surface area contributed by atoms with Gasteiger partial charge in [0.15, 0.2) is 5.65 Å². The van der Waals surface area contributed by atoms with E-state index in [9.17, 15) is 13.2 Å². The lowest BCUT2D eigenvalue weighted by Crippen LogP contribution is -2.13. The van der Waals surface area contributed by atoms with Gasteiger partial charge in [0.1, 0.15) is 11.5 Å². The predicted octanol–water partition coefficient (Wildman–Crippen LogP) is 5.50. The number of rotatable bonds is 4. The molecule has 0 radical (unpaired) electrons. The molecule has 0 spiro atoms. The Morgan fingerprint density at radius 1 is 1.26 bits per heavy atom. The molecule has 0 amide bonds. The summed E-state index contributed by atoms with van der Waals surface area (Å²) in [7, 11) is 0. The molecule has 0 saturated heterocycles. The van der Waals surface area contributed by atoms with Crippen molar-refractivity contribution in [2.45, 2.75) is 39.9 Å². The number of halogens is 4. The molecule has 2 rings (SSSR count). The molecule has 0 aliphatic heterocycles. The Bertz CT molecular complexity index is 730. The van der Waals surface area contributed by atoms with Crippen molar-refractivity contribution in [2.75, 3.05) is 5.32 Å². The maximum absolute atomic E-state index is 13.0. The molecule has 3 nitrogen and oxygen atoms in total. The topological polar surface area (TPSA) is 29.3 Å². The van der Waals surface area contributed by atoms with Crippen LogP contribution >= 0.6 is 11.6 Å².